The highest BCUT2D eigenvalue weighted by Gasteiger charge is 2.28. The Morgan fingerprint density at radius 2 is 1.92 bits per heavy atom. The first-order chi connectivity index (χ1) is 18.2. The SMILES string of the molecule is Cc1nn(-c2ccc(Br)cc2)c(C)c1C(=O)N1CCCC(n2cc(C(O)c3ccc(Cl)cc3F)nn2)CC1. The van der Waals surface area contributed by atoms with Crippen LogP contribution in [0.2, 0.25) is 5.02 Å². The van der Waals surface area contributed by atoms with Gasteiger partial charge in [0.2, 0.25) is 0 Å². The van der Waals surface area contributed by atoms with Gasteiger partial charge in [-0.2, -0.15) is 5.10 Å². The van der Waals surface area contributed by atoms with E-state index in [1.165, 1.54) is 12.1 Å². The Labute approximate surface area is 233 Å². The summed E-state index contributed by atoms with van der Waals surface area (Å²) < 4.78 is 18.8. The lowest BCUT2D eigenvalue weighted by atomic mass is 10.1. The van der Waals surface area contributed by atoms with E-state index in [9.17, 15) is 14.3 Å². The minimum Gasteiger partial charge on any atom is -0.382 e. The highest BCUT2D eigenvalue weighted by atomic mass is 79.9. The molecule has 4 aromatic rings. The van der Waals surface area contributed by atoms with Gasteiger partial charge in [0.25, 0.3) is 5.91 Å². The Kier molecular flexibility index (Phi) is 7.65. The lowest BCUT2D eigenvalue weighted by Gasteiger charge is -2.21. The number of hydrogen-bond donors (Lipinski definition) is 1. The summed E-state index contributed by atoms with van der Waals surface area (Å²) in [6, 6.07) is 11.9. The monoisotopic (exact) mass is 600 g/mol. The van der Waals surface area contributed by atoms with E-state index in [1.807, 2.05) is 43.0 Å². The molecular formula is C27H27BrClFN6O2. The Hall–Kier alpha value is -3.08. The number of aliphatic hydroxyl groups is 1. The largest absolute Gasteiger partial charge is 0.382 e. The van der Waals surface area contributed by atoms with E-state index >= 15 is 0 Å². The fraction of sp³-hybridized carbons (Fsp3) is 0.333. The van der Waals surface area contributed by atoms with Crippen molar-refractivity contribution < 1.29 is 14.3 Å². The van der Waals surface area contributed by atoms with Crippen molar-refractivity contribution in [1.82, 2.24) is 29.7 Å². The molecule has 1 amide bonds. The Morgan fingerprint density at radius 1 is 1.16 bits per heavy atom. The van der Waals surface area contributed by atoms with Crippen LogP contribution in [0.1, 0.15) is 64.4 Å². The van der Waals surface area contributed by atoms with E-state index in [4.69, 9.17) is 11.6 Å². The molecule has 11 heteroatoms. The standard InChI is InChI=1S/C27H27BrClFN6O2/c1-16-25(17(2)36(32-16)21-8-5-18(28)6-9-21)27(38)34-12-3-4-20(11-13-34)35-15-24(31-33-35)26(37)22-10-7-19(29)14-23(22)30/h5-10,14-15,20,26,37H,3-4,11-13H2,1-2H3. The normalized spacial score (nSPS) is 16.9. The van der Waals surface area contributed by atoms with Crippen LogP contribution >= 0.6 is 27.5 Å². The number of amides is 1. The van der Waals surface area contributed by atoms with Gasteiger partial charge in [0, 0.05) is 28.1 Å². The summed E-state index contributed by atoms with van der Waals surface area (Å²) in [7, 11) is 0. The van der Waals surface area contributed by atoms with Gasteiger partial charge in [-0.15, -0.1) is 5.10 Å². The number of likely N-dealkylation sites (tertiary alicyclic amines) is 1. The van der Waals surface area contributed by atoms with E-state index in [1.54, 1.807) is 15.6 Å². The zero-order valence-corrected chi connectivity index (χ0v) is 23.3. The van der Waals surface area contributed by atoms with Crippen molar-refractivity contribution in [2.45, 2.75) is 45.3 Å². The summed E-state index contributed by atoms with van der Waals surface area (Å²) in [4.78, 5) is 15.5. The molecule has 5 rings (SSSR count). The van der Waals surface area contributed by atoms with Crippen molar-refractivity contribution in [2.75, 3.05) is 13.1 Å². The van der Waals surface area contributed by atoms with E-state index in [0.717, 1.165) is 34.8 Å². The molecule has 1 saturated heterocycles. The maximum Gasteiger partial charge on any atom is 0.257 e. The number of carbonyl (C=O) groups is 1. The van der Waals surface area contributed by atoms with Gasteiger partial charge < -0.3 is 10.0 Å². The van der Waals surface area contributed by atoms with Crippen molar-refractivity contribution in [3.63, 3.8) is 0 Å². The third-order valence-electron chi connectivity index (χ3n) is 7.00. The summed E-state index contributed by atoms with van der Waals surface area (Å²) in [6.07, 6.45) is 2.67. The fourth-order valence-electron chi connectivity index (χ4n) is 4.97. The molecule has 3 heterocycles. The van der Waals surface area contributed by atoms with Crippen LogP contribution in [0.3, 0.4) is 0 Å². The smallest absolute Gasteiger partial charge is 0.257 e. The van der Waals surface area contributed by atoms with Crippen LogP contribution in [0.25, 0.3) is 5.69 Å². The number of hydrogen-bond acceptors (Lipinski definition) is 5. The second-order valence-corrected chi connectivity index (χ2v) is 10.9. The molecule has 1 fully saturated rings. The van der Waals surface area contributed by atoms with Crippen molar-refractivity contribution in [1.29, 1.82) is 0 Å². The van der Waals surface area contributed by atoms with Crippen molar-refractivity contribution in [2.24, 2.45) is 0 Å². The first kappa shape index (κ1) is 26.5. The molecule has 0 saturated carbocycles. The number of rotatable bonds is 5. The number of halogens is 3. The van der Waals surface area contributed by atoms with Gasteiger partial charge >= 0.3 is 0 Å². The predicted octanol–water partition coefficient (Wildman–Crippen LogP) is 5.58. The molecule has 8 nitrogen and oxygen atoms in total. The lowest BCUT2D eigenvalue weighted by Crippen LogP contribution is -2.32. The molecule has 2 aromatic carbocycles. The number of carbonyl (C=O) groups excluding carboxylic acids is 1. The molecule has 2 atom stereocenters. The van der Waals surface area contributed by atoms with Crippen LogP contribution in [-0.2, 0) is 0 Å². The van der Waals surface area contributed by atoms with Crippen molar-refractivity contribution >= 4 is 33.4 Å². The summed E-state index contributed by atoms with van der Waals surface area (Å²) in [5.74, 6) is -0.630. The van der Waals surface area contributed by atoms with Crippen molar-refractivity contribution in [3.05, 3.63) is 92.2 Å². The zero-order chi connectivity index (χ0) is 27.0. The van der Waals surface area contributed by atoms with E-state index in [2.05, 4.69) is 31.3 Å². The van der Waals surface area contributed by atoms with Gasteiger partial charge in [0.1, 0.15) is 17.6 Å². The molecule has 0 radical (unpaired) electrons. The number of aromatic nitrogens is 5. The Bertz CT molecular complexity index is 1470. The van der Waals surface area contributed by atoms with E-state index in [0.29, 0.717) is 30.8 Å². The minimum absolute atomic E-state index is 0.00370. The first-order valence-electron chi connectivity index (χ1n) is 12.4. The molecule has 2 aromatic heterocycles. The second kappa shape index (κ2) is 11.0. The highest BCUT2D eigenvalue weighted by molar-refractivity contribution is 9.10. The maximum absolute atomic E-state index is 14.3. The lowest BCUT2D eigenvalue weighted by molar-refractivity contribution is 0.0758. The molecule has 198 valence electrons. The molecule has 1 aliphatic heterocycles. The van der Waals surface area contributed by atoms with Crippen LogP contribution < -0.4 is 0 Å². The second-order valence-electron chi connectivity index (χ2n) is 9.50. The molecule has 0 spiro atoms. The van der Waals surface area contributed by atoms with Gasteiger partial charge in [-0.05, 0) is 69.5 Å². The number of nitrogens with zero attached hydrogens (tertiary/aromatic N) is 6. The minimum atomic E-state index is -1.25. The van der Waals surface area contributed by atoms with Crippen LogP contribution in [-0.4, -0.2) is 53.8 Å². The zero-order valence-electron chi connectivity index (χ0n) is 21.0. The molecule has 0 bridgehead atoms. The van der Waals surface area contributed by atoms with Gasteiger partial charge in [-0.3, -0.25) is 4.79 Å². The molecule has 1 N–H and O–H groups in total. The maximum atomic E-state index is 14.3. The van der Waals surface area contributed by atoms with Crippen LogP contribution in [0.4, 0.5) is 4.39 Å². The molecule has 1 aliphatic rings. The van der Waals surface area contributed by atoms with Gasteiger partial charge in [0.05, 0.1) is 34.9 Å². The van der Waals surface area contributed by atoms with Crippen LogP contribution in [0, 0.1) is 19.7 Å². The van der Waals surface area contributed by atoms with Crippen LogP contribution in [0.15, 0.2) is 53.1 Å². The van der Waals surface area contributed by atoms with Gasteiger partial charge in [-0.25, -0.2) is 13.8 Å². The summed E-state index contributed by atoms with van der Waals surface area (Å²) in [5, 5.41) is 23.9. The molecule has 38 heavy (non-hydrogen) atoms. The van der Waals surface area contributed by atoms with Gasteiger partial charge in [0.15, 0.2) is 0 Å². The van der Waals surface area contributed by atoms with Crippen LogP contribution in [0.5, 0.6) is 0 Å². The fourth-order valence-corrected chi connectivity index (χ4v) is 5.39. The number of aliphatic hydroxyl groups excluding tert-OH is 1. The topological polar surface area (TPSA) is 89.1 Å². The number of aryl methyl sites for hydroxylation is 1. The van der Waals surface area contributed by atoms with Crippen molar-refractivity contribution in [3.8, 4) is 5.69 Å². The highest BCUT2D eigenvalue weighted by Crippen LogP contribution is 2.29. The third-order valence-corrected chi connectivity index (χ3v) is 7.76. The average Bonchev–Trinajstić information content (AvgIpc) is 3.40. The van der Waals surface area contributed by atoms with E-state index in [-0.39, 0.29) is 28.2 Å². The summed E-state index contributed by atoms with van der Waals surface area (Å²) in [6.45, 7) is 4.96. The quantitative estimate of drug-likeness (QED) is 0.322. The van der Waals surface area contributed by atoms with Gasteiger partial charge in [-0.1, -0.05) is 38.8 Å². The molecular weight excluding hydrogens is 575 g/mol. The number of benzene rings is 2. The first-order valence-corrected chi connectivity index (χ1v) is 13.6. The predicted molar refractivity (Wildman–Crippen MR) is 145 cm³/mol. The third kappa shape index (κ3) is 5.25. The summed E-state index contributed by atoms with van der Waals surface area (Å²) in [5.41, 5.74) is 3.37. The molecule has 0 aliphatic carbocycles. The molecule has 2 unspecified atom stereocenters. The average molecular weight is 602 g/mol. The summed E-state index contributed by atoms with van der Waals surface area (Å²) >= 11 is 9.28. The Morgan fingerprint density at radius 3 is 2.66 bits per heavy atom. The Balaban J connectivity index is 1.29. The van der Waals surface area contributed by atoms with E-state index < -0.39 is 11.9 Å².